The molecule has 2 rings (SSSR count). The van der Waals surface area contributed by atoms with Crippen molar-refractivity contribution in [2.45, 2.75) is 18.0 Å². The second kappa shape index (κ2) is 6.31. The van der Waals surface area contributed by atoms with Crippen molar-refractivity contribution in [1.82, 2.24) is 8.87 Å². The highest BCUT2D eigenvalue weighted by Crippen LogP contribution is 2.20. The molecule has 5 nitrogen and oxygen atoms in total. The Bertz CT molecular complexity index is 740. The summed E-state index contributed by atoms with van der Waals surface area (Å²) in [7, 11) is -0.325. The SMILES string of the molecule is CN(Cc1cccc(Br)c1)S(=O)(=O)c1cc(CO)n(C)c1. The normalized spacial score (nSPS) is 12.0. The minimum atomic E-state index is -3.58. The quantitative estimate of drug-likeness (QED) is 0.873. The van der Waals surface area contributed by atoms with Gasteiger partial charge >= 0.3 is 0 Å². The number of hydrogen-bond acceptors (Lipinski definition) is 3. The first-order chi connectivity index (χ1) is 9.84. The number of aryl methyl sites for hydroxylation is 1. The van der Waals surface area contributed by atoms with Gasteiger partial charge in [0.2, 0.25) is 10.0 Å². The average molecular weight is 373 g/mol. The fraction of sp³-hybridized carbons (Fsp3) is 0.286. The number of aliphatic hydroxyl groups is 1. The number of aliphatic hydroxyl groups excluding tert-OH is 1. The van der Waals surface area contributed by atoms with Crippen molar-refractivity contribution in [2.75, 3.05) is 7.05 Å². The molecule has 7 heteroatoms. The Kier molecular flexibility index (Phi) is 4.88. The van der Waals surface area contributed by atoms with Crippen LogP contribution in [0, 0.1) is 0 Å². The molecule has 0 fully saturated rings. The van der Waals surface area contributed by atoms with Crippen molar-refractivity contribution < 1.29 is 13.5 Å². The molecule has 0 aliphatic heterocycles. The van der Waals surface area contributed by atoms with E-state index in [0.29, 0.717) is 5.69 Å². The summed E-state index contributed by atoms with van der Waals surface area (Å²) in [5, 5.41) is 9.17. The number of rotatable bonds is 5. The Morgan fingerprint density at radius 2 is 2.05 bits per heavy atom. The lowest BCUT2D eigenvalue weighted by Crippen LogP contribution is -2.26. The van der Waals surface area contributed by atoms with E-state index >= 15 is 0 Å². The monoisotopic (exact) mass is 372 g/mol. The first-order valence-electron chi connectivity index (χ1n) is 6.31. The fourth-order valence-corrected chi connectivity index (χ4v) is 3.73. The summed E-state index contributed by atoms with van der Waals surface area (Å²) in [6.07, 6.45) is 1.51. The van der Waals surface area contributed by atoms with E-state index in [-0.39, 0.29) is 18.0 Å². The highest BCUT2D eigenvalue weighted by Gasteiger charge is 2.23. The highest BCUT2D eigenvalue weighted by molar-refractivity contribution is 9.10. The molecular weight excluding hydrogens is 356 g/mol. The van der Waals surface area contributed by atoms with Crippen LogP contribution in [0.1, 0.15) is 11.3 Å². The summed E-state index contributed by atoms with van der Waals surface area (Å²) >= 11 is 3.37. The molecule has 0 spiro atoms. The molecule has 21 heavy (non-hydrogen) atoms. The zero-order valence-corrected chi connectivity index (χ0v) is 14.2. The smallest absolute Gasteiger partial charge is 0.244 e. The second-order valence-corrected chi connectivity index (χ2v) is 7.79. The molecule has 1 heterocycles. The van der Waals surface area contributed by atoms with Gasteiger partial charge in [-0.15, -0.1) is 0 Å². The van der Waals surface area contributed by atoms with Gasteiger partial charge in [-0.2, -0.15) is 4.31 Å². The first-order valence-corrected chi connectivity index (χ1v) is 8.55. The van der Waals surface area contributed by atoms with E-state index in [2.05, 4.69) is 15.9 Å². The van der Waals surface area contributed by atoms with Crippen LogP contribution in [0.5, 0.6) is 0 Å². The summed E-state index contributed by atoms with van der Waals surface area (Å²) in [4.78, 5) is 0.187. The van der Waals surface area contributed by atoms with E-state index in [1.54, 1.807) is 18.7 Å². The molecule has 1 N–H and O–H groups in total. The Hall–Kier alpha value is -1.15. The van der Waals surface area contributed by atoms with E-state index in [4.69, 9.17) is 5.11 Å². The third-order valence-electron chi connectivity index (χ3n) is 3.25. The van der Waals surface area contributed by atoms with E-state index in [1.807, 2.05) is 24.3 Å². The van der Waals surface area contributed by atoms with Gasteiger partial charge in [0.1, 0.15) is 4.90 Å². The summed E-state index contributed by atoms with van der Waals surface area (Å²) in [5.41, 5.74) is 1.46. The van der Waals surface area contributed by atoms with Crippen molar-refractivity contribution in [3.63, 3.8) is 0 Å². The van der Waals surface area contributed by atoms with Crippen molar-refractivity contribution in [3.8, 4) is 0 Å². The lowest BCUT2D eigenvalue weighted by Gasteiger charge is -2.16. The first kappa shape index (κ1) is 16.2. The lowest BCUT2D eigenvalue weighted by molar-refractivity contribution is 0.272. The second-order valence-electron chi connectivity index (χ2n) is 4.83. The van der Waals surface area contributed by atoms with Crippen molar-refractivity contribution in [3.05, 3.63) is 52.3 Å². The Morgan fingerprint density at radius 3 is 2.62 bits per heavy atom. The minimum absolute atomic E-state index is 0.187. The van der Waals surface area contributed by atoms with E-state index in [9.17, 15) is 8.42 Å². The van der Waals surface area contributed by atoms with Crippen LogP contribution in [-0.2, 0) is 30.2 Å². The molecule has 0 aliphatic carbocycles. The van der Waals surface area contributed by atoms with Gasteiger partial charge in [-0.05, 0) is 23.8 Å². The van der Waals surface area contributed by atoms with Gasteiger partial charge in [-0.25, -0.2) is 8.42 Å². The number of benzene rings is 1. The third-order valence-corrected chi connectivity index (χ3v) is 5.51. The van der Waals surface area contributed by atoms with Gasteiger partial charge in [0.15, 0.2) is 0 Å². The number of sulfonamides is 1. The molecule has 0 saturated carbocycles. The maximum Gasteiger partial charge on any atom is 0.244 e. The molecule has 114 valence electrons. The van der Waals surface area contributed by atoms with E-state index in [1.165, 1.54) is 16.6 Å². The van der Waals surface area contributed by atoms with Crippen LogP contribution in [0.4, 0.5) is 0 Å². The summed E-state index contributed by atoms with van der Waals surface area (Å²) < 4.78 is 28.9. The van der Waals surface area contributed by atoms with Gasteiger partial charge < -0.3 is 9.67 Å². The van der Waals surface area contributed by atoms with Crippen LogP contribution in [0.25, 0.3) is 0 Å². The van der Waals surface area contributed by atoms with Gasteiger partial charge in [-0.3, -0.25) is 0 Å². The average Bonchev–Trinajstić information content (AvgIpc) is 2.80. The number of hydrogen-bond donors (Lipinski definition) is 1. The number of nitrogens with zero attached hydrogens (tertiary/aromatic N) is 2. The van der Waals surface area contributed by atoms with E-state index in [0.717, 1.165) is 10.0 Å². The van der Waals surface area contributed by atoms with Gasteiger partial charge in [0, 0.05) is 37.0 Å². The van der Waals surface area contributed by atoms with E-state index < -0.39 is 10.0 Å². The predicted molar refractivity (Wildman–Crippen MR) is 84.1 cm³/mol. The molecule has 0 saturated heterocycles. The number of halogens is 1. The van der Waals surface area contributed by atoms with Gasteiger partial charge in [0.05, 0.1) is 6.61 Å². The predicted octanol–water partition coefficient (Wildman–Crippen LogP) is 2.10. The molecule has 1 aromatic heterocycles. The maximum atomic E-state index is 12.5. The largest absolute Gasteiger partial charge is 0.390 e. The Labute approximate surface area is 133 Å². The highest BCUT2D eigenvalue weighted by atomic mass is 79.9. The van der Waals surface area contributed by atoms with Crippen LogP contribution in [0.2, 0.25) is 0 Å². The molecule has 1 aromatic carbocycles. The third kappa shape index (κ3) is 3.55. The van der Waals surface area contributed by atoms with Crippen LogP contribution >= 0.6 is 15.9 Å². The van der Waals surface area contributed by atoms with Crippen LogP contribution < -0.4 is 0 Å². The summed E-state index contributed by atoms with van der Waals surface area (Å²) in [6, 6.07) is 9.01. The molecule has 0 unspecified atom stereocenters. The molecule has 0 radical (unpaired) electrons. The lowest BCUT2D eigenvalue weighted by atomic mass is 10.2. The zero-order valence-electron chi connectivity index (χ0n) is 11.8. The Balaban J connectivity index is 2.26. The summed E-state index contributed by atoms with van der Waals surface area (Å²) in [6.45, 7) is 0.0898. The van der Waals surface area contributed by atoms with Crippen LogP contribution in [0.15, 0.2) is 45.9 Å². The van der Waals surface area contributed by atoms with Crippen molar-refractivity contribution in [2.24, 2.45) is 7.05 Å². The molecular formula is C14H17BrN2O3S. The topological polar surface area (TPSA) is 62.5 Å². The standard InChI is InChI=1S/C14H17BrN2O3S/c1-16-9-14(7-13(16)10-18)21(19,20)17(2)8-11-4-3-5-12(15)6-11/h3-7,9,18H,8,10H2,1-2H3. The van der Waals surface area contributed by atoms with Crippen LogP contribution in [0.3, 0.4) is 0 Å². The van der Waals surface area contributed by atoms with Crippen molar-refractivity contribution in [1.29, 1.82) is 0 Å². The Morgan fingerprint density at radius 1 is 1.33 bits per heavy atom. The van der Waals surface area contributed by atoms with Crippen molar-refractivity contribution >= 4 is 26.0 Å². The molecule has 0 bridgehead atoms. The summed E-state index contributed by atoms with van der Waals surface area (Å²) in [5.74, 6) is 0. The van der Waals surface area contributed by atoms with Crippen LogP contribution in [-0.4, -0.2) is 29.4 Å². The molecule has 0 aliphatic rings. The molecule has 2 aromatic rings. The van der Waals surface area contributed by atoms with Gasteiger partial charge in [0.25, 0.3) is 0 Å². The molecule has 0 amide bonds. The zero-order chi connectivity index (χ0) is 15.6. The number of aromatic nitrogens is 1. The molecule has 0 atom stereocenters. The maximum absolute atomic E-state index is 12.5. The fourth-order valence-electron chi connectivity index (χ4n) is 2.03. The minimum Gasteiger partial charge on any atom is -0.390 e. The van der Waals surface area contributed by atoms with Gasteiger partial charge in [-0.1, -0.05) is 28.1 Å².